The third-order valence-electron chi connectivity index (χ3n) is 3.43. The normalized spacial score (nSPS) is 10.7. The van der Waals surface area contributed by atoms with Gasteiger partial charge in [-0.2, -0.15) is 0 Å². The summed E-state index contributed by atoms with van der Waals surface area (Å²) in [6, 6.07) is 13.8. The van der Waals surface area contributed by atoms with Crippen LogP contribution in [0.1, 0.15) is 6.92 Å². The Hall–Kier alpha value is -2.51. The summed E-state index contributed by atoms with van der Waals surface area (Å²) in [5.74, 6) is -0.284. The zero-order valence-electron chi connectivity index (χ0n) is 13.9. The number of thioether (sulfide) groups is 1. The van der Waals surface area contributed by atoms with Crippen molar-refractivity contribution < 1.29 is 14.3 Å². The minimum atomic E-state index is -0.382. The first-order valence-electron chi connectivity index (χ1n) is 7.91. The highest BCUT2D eigenvalue weighted by atomic mass is 35.5. The van der Waals surface area contributed by atoms with E-state index in [0.717, 1.165) is 11.8 Å². The van der Waals surface area contributed by atoms with Gasteiger partial charge in [0, 0.05) is 10.7 Å². The highest BCUT2D eigenvalue weighted by Crippen LogP contribution is 2.25. The van der Waals surface area contributed by atoms with Gasteiger partial charge in [0.2, 0.25) is 0 Å². The zero-order valence-corrected chi connectivity index (χ0v) is 15.5. The Morgan fingerprint density at radius 1 is 1.23 bits per heavy atom. The first-order valence-corrected chi connectivity index (χ1v) is 9.27. The third kappa shape index (κ3) is 4.17. The number of nitrogens with zero attached hydrogens (tertiary/aromatic N) is 2. The van der Waals surface area contributed by atoms with Gasteiger partial charge in [-0.1, -0.05) is 41.6 Å². The predicted octanol–water partition coefficient (Wildman–Crippen LogP) is 4.43. The molecule has 3 rings (SSSR count). The number of esters is 1. The van der Waals surface area contributed by atoms with E-state index in [1.54, 1.807) is 37.3 Å². The van der Waals surface area contributed by atoms with Crippen molar-refractivity contribution in [3.63, 3.8) is 0 Å². The number of para-hydroxylation sites is 2. The molecule has 0 bridgehead atoms. The molecule has 1 aromatic heterocycles. The average Bonchev–Trinajstić information content (AvgIpc) is 2.98. The van der Waals surface area contributed by atoms with Crippen LogP contribution in [0.15, 0.2) is 53.7 Å². The van der Waals surface area contributed by atoms with Gasteiger partial charge in [0.1, 0.15) is 0 Å². The van der Waals surface area contributed by atoms with E-state index in [0.29, 0.717) is 33.5 Å². The van der Waals surface area contributed by atoms with Crippen LogP contribution in [0, 0.1) is 0 Å². The van der Waals surface area contributed by atoms with E-state index >= 15 is 0 Å². The van der Waals surface area contributed by atoms with Crippen LogP contribution in [0.25, 0.3) is 11.0 Å². The molecule has 0 unspecified atom stereocenters. The van der Waals surface area contributed by atoms with Crippen molar-refractivity contribution >= 4 is 52.1 Å². The lowest BCUT2D eigenvalue weighted by Crippen LogP contribution is -2.20. The molecular formula is C18H16ClN3O3S. The first-order chi connectivity index (χ1) is 12.6. The summed E-state index contributed by atoms with van der Waals surface area (Å²) in [4.78, 5) is 28.9. The van der Waals surface area contributed by atoms with Crippen molar-refractivity contribution in [2.45, 2.75) is 12.1 Å². The molecule has 0 radical (unpaired) electrons. The molecule has 0 fully saturated rings. The fraction of sp³-hybridized carbons (Fsp3) is 0.167. The number of aromatic nitrogens is 2. The Morgan fingerprint density at radius 3 is 2.81 bits per heavy atom. The number of rotatable bonds is 5. The number of carbonyl (C=O) groups excluding carboxylic acids is 2. The Kier molecular flexibility index (Phi) is 5.80. The van der Waals surface area contributed by atoms with Gasteiger partial charge in [0.15, 0.2) is 5.16 Å². The molecule has 0 saturated carbocycles. The summed E-state index contributed by atoms with van der Waals surface area (Å²) >= 11 is 7.12. The van der Waals surface area contributed by atoms with Crippen LogP contribution in [-0.2, 0) is 9.53 Å². The number of carbonyl (C=O) groups is 2. The SMILES string of the molecule is CCOC(=O)CSc1nc2ccccc2n1C(=O)Nc1cccc(Cl)c1. The summed E-state index contributed by atoms with van der Waals surface area (Å²) in [5, 5.41) is 3.74. The number of anilines is 1. The molecular weight excluding hydrogens is 374 g/mol. The highest BCUT2D eigenvalue weighted by molar-refractivity contribution is 7.99. The Morgan fingerprint density at radius 2 is 2.04 bits per heavy atom. The van der Waals surface area contributed by atoms with E-state index in [1.165, 1.54) is 4.57 Å². The van der Waals surface area contributed by atoms with Gasteiger partial charge < -0.3 is 10.1 Å². The van der Waals surface area contributed by atoms with E-state index in [9.17, 15) is 9.59 Å². The molecule has 0 atom stereocenters. The lowest BCUT2D eigenvalue weighted by Gasteiger charge is -2.09. The second-order valence-corrected chi connectivity index (χ2v) is 6.63. The molecule has 3 aromatic rings. The number of benzene rings is 2. The first kappa shape index (κ1) is 18.3. The number of imidazole rings is 1. The Bertz CT molecular complexity index is 958. The fourth-order valence-corrected chi connectivity index (χ4v) is 3.36. The number of amides is 1. The summed E-state index contributed by atoms with van der Waals surface area (Å²) < 4.78 is 6.38. The third-order valence-corrected chi connectivity index (χ3v) is 4.58. The van der Waals surface area contributed by atoms with Crippen molar-refractivity contribution in [1.82, 2.24) is 9.55 Å². The van der Waals surface area contributed by atoms with E-state index in [4.69, 9.17) is 16.3 Å². The van der Waals surface area contributed by atoms with Crippen LogP contribution in [-0.4, -0.2) is 33.9 Å². The molecule has 0 saturated heterocycles. The van der Waals surface area contributed by atoms with Crippen molar-refractivity contribution in [3.8, 4) is 0 Å². The number of hydrogen-bond acceptors (Lipinski definition) is 5. The van der Waals surface area contributed by atoms with Gasteiger partial charge in [0.05, 0.1) is 23.4 Å². The standard InChI is InChI=1S/C18H16ClN3O3S/c1-2-25-16(23)11-26-18-21-14-8-3-4-9-15(14)22(18)17(24)20-13-7-5-6-12(19)10-13/h3-10H,2,11H2,1H3,(H,20,24). The van der Waals surface area contributed by atoms with Gasteiger partial charge in [-0.3, -0.25) is 4.79 Å². The van der Waals surface area contributed by atoms with Crippen molar-refractivity contribution in [2.75, 3.05) is 17.7 Å². The van der Waals surface area contributed by atoms with Crippen LogP contribution >= 0.6 is 23.4 Å². The molecule has 1 N–H and O–H groups in total. The van der Waals surface area contributed by atoms with Crippen LogP contribution in [0.2, 0.25) is 5.02 Å². The van der Waals surface area contributed by atoms with Gasteiger partial charge in [-0.05, 0) is 37.3 Å². The lowest BCUT2D eigenvalue weighted by atomic mass is 10.3. The molecule has 1 heterocycles. The van der Waals surface area contributed by atoms with Gasteiger partial charge in [0.25, 0.3) is 0 Å². The summed E-state index contributed by atoms with van der Waals surface area (Å²) in [7, 11) is 0. The highest BCUT2D eigenvalue weighted by Gasteiger charge is 2.18. The van der Waals surface area contributed by atoms with E-state index < -0.39 is 0 Å². The lowest BCUT2D eigenvalue weighted by molar-refractivity contribution is -0.139. The number of fused-ring (bicyclic) bond motifs is 1. The molecule has 134 valence electrons. The second-order valence-electron chi connectivity index (χ2n) is 5.25. The van der Waals surface area contributed by atoms with E-state index in [2.05, 4.69) is 10.3 Å². The molecule has 2 aromatic carbocycles. The van der Waals surface area contributed by atoms with Gasteiger partial charge in [-0.25, -0.2) is 14.3 Å². The van der Waals surface area contributed by atoms with E-state index in [-0.39, 0.29) is 17.8 Å². The molecule has 1 amide bonds. The molecule has 0 spiro atoms. The van der Waals surface area contributed by atoms with Crippen LogP contribution in [0.3, 0.4) is 0 Å². The maximum atomic E-state index is 12.8. The molecule has 0 aliphatic rings. The number of halogens is 1. The average molecular weight is 390 g/mol. The number of ether oxygens (including phenoxy) is 1. The smallest absolute Gasteiger partial charge is 0.332 e. The van der Waals surface area contributed by atoms with Crippen molar-refractivity contribution in [1.29, 1.82) is 0 Å². The van der Waals surface area contributed by atoms with Gasteiger partial charge >= 0.3 is 12.0 Å². The minimum absolute atomic E-state index is 0.0710. The van der Waals surface area contributed by atoms with Crippen LogP contribution in [0.5, 0.6) is 0 Å². The molecule has 0 aliphatic heterocycles. The summed E-state index contributed by atoms with van der Waals surface area (Å²) in [5.41, 5.74) is 1.89. The molecule has 26 heavy (non-hydrogen) atoms. The topological polar surface area (TPSA) is 73.2 Å². The van der Waals surface area contributed by atoms with Crippen LogP contribution in [0.4, 0.5) is 10.5 Å². The van der Waals surface area contributed by atoms with Crippen LogP contribution < -0.4 is 5.32 Å². The zero-order chi connectivity index (χ0) is 18.5. The quantitative estimate of drug-likeness (QED) is 0.516. The predicted molar refractivity (Wildman–Crippen MR) is 103 cm³/mol. The Balaban J connectivity index is 1.90. The number of hydrogen-bond donors (Lipinski definition) is 1. The monoisotopic (exact) mass is 389 g/mol. The maximum Gasteiger partial charge on any atom is 0.332 e. The van der Waals surface area contributed by atoms with Crippen molar-refractivity contribution in [2.24, 2.45) is 0 Å². The molecule has 8 heteroatoms. The molecule has 6 nitrogen and oxygen atoms in total. The minimum Gasteiger partial charge on any atom is -0.465 e. The number of nitrogens with one attached hydrogen (secondary N) is 1. The summed E-state index contributed by atoms with van der Waals surface area (Å²) in [6.45, 7) is 2.06. The Labute approximate surface area is 159 Å². The fourth-order valence-electron chi connectivity index (χ4n) is 2.37. The van der Waals surface area contributed by atoms with E-state index in [1.807, 2.05) is 18.2 Å². The maximum absolute atomic E-state index is 12.8. The summed E-state index contributed by atoms with van der Waals surface area (Å²) in [6.07, 6.45) is 0. The van der Waals surface area contributed by atoms with Gasteiger partial charge in [-0.15, -0.1) is 0 Å². The largest absolute Gasteiger partial charge is 0.465 e. The molecule has 0 aliphatic carbocycles. The van der Waals surface area contributed by atoms with Crippen molar-refractivity contribution in [3.05, 3.63) is 53.6 Å². The second kappa shape index (κ2) is 8.25.